The average molecular weight is 340 g/mol. The molecule has 0 aromatic heterocycles. The SMILES string of the molecule is Cc1ccc(N/C=C(/C#N)C(=O)Nc2ccc(C)c(Cl)c2)c(C)c1. The van der Waals surface area contributed by atoms with E-state index in [4.69, 9.17) is 11.6 Å². The summed E-state index contributed by atoms with van der Waals surface area (Å²) in [7, 11) is 0. The number of anilines is 2. The van der Waals surface area contributed by atoms with Gasteiger partial charge in [-0.15, -0.1) is 0 Å². The molecular weight excluding hydrogens is 322 g/mol. The van der Waals surface area contributed by atoms with Crippen LogP contribution in [0.3, 0.4) is 0 Å². The highest BCUT2D eigenvalue weighted by Crippen LogP contribution is 2.20. The molecule has 5 heteroatoms. The van der Waals surface area contributed by atoms with Crippen molar-refractivity contribution in [3.05, 3.63) is 69.9 Å². The van der Waals surface area contributed by atoms with E-state index < -0.39 is 5.91 Å². The van der Waals surface area contributed by atoms with Crippen molar-refractivity contribution < 1.29 is 4.79 Å². The highest BCUT2D eigenvalue weighted by molar-refractivity contribution is 6.31. The van der Waals surface area contributed by atoms with E-state index in [1.165, 1.54) is 6.20 Å². The van der Waals surface area contributed by atoms with Crippen LogP contribution in [0, 0.1) is 32.1 Å². The molecule has 0 aliphatic heterocycles. The number of hydrogen-bond acceptors (Lipinski definition) is 3. The molecule has 2 N–H and O–H groups in total. The zero-order chi connectivity index (χ0) is 17.7. The van der Waals surface area contributed by atoms with Crippen molar-refractivity contribution >= 4 is 28.9 Å². The second-order valence-corrected chi connectivity index (χ2v) is 5.96. The second kappa shape index (κ2) is 7.67. The lowest BCUT2D eigenvalue weighted by Crippen LogP contribution is -2.14. The number of benzene rings is 2. The van der Waals surface area contributed by atoms with Crippen LogP contribution in [0.4, 0.5) is 11.4 Å². The second-order valence-electron chi connectivity index (χ2n) is 5.55. The van der Waals surface area contributed by atoms with E-state index in [0.29, 0.717) is 10.7 Å². The Morgan fingerprint density at radius 1 is 1.12 bits per heavy atom. The molecule has 0 unspecified atom stereocenters. The van der Waals surface area contributed by atoms with Crippen LogP contribution in [0.5, 0.6) is 0 Å². The first kappa shape index (κ1) is 17.6. The largest absolute Gasteiger partial charge is 0.360 e. The van der Waals surface area contributed by atoms with Gasteiger partial charge in [0.1, 0.15) is 11.6 Å². The predicted molar refractivity (Wildman–Crippen MR) is 98.1 cm³/mol. The third-order valence-electron chi connectivity index (χ3n) is 3.55. The molecule has 0 saturated carbocycles. The standard InChI is InChI=1S/C19H18ClN3O/c1-12-4-7-18(14(3)8-12)22-11-15(10-21)19(24)23-16-6-5-13(2)17(20)9-16/h4-9,11,22H,1-3H3,(H,23,24)/b15-11-. The van der Waals surface area contributed by atoms with E-state index in [2.05, 4.69) is 10.6 Å². The van der Waals surface area contributed by atoms with Crippen LogP contribution in [0.25, 0.3) is 0 Å². The van der Waals surface area contributed by atoms with Gasteiger partial charge in [-0.05, 0) is 50.1 Å². The van der Waals surface area contributed by atoms with Crippen LogP contribution in [0.1, 0.15) is 16.7 Å². The highest BCUT2D eigenvalue weighted by atomic mass is 35.5. The van der Waals surface area contributed by atoms with Crippen molar-refractivity contribution in [1.29, 1.82) is 5.26 Å². The minimum atomic E-state index is -0.491. The lowest BCUT2D eigenvalue weighted by molar-refractivity contribution is -0.112. The Balaban J connectivity index is 2.13. The quantitative estimate of drug-likeness (QED) is 0.625. The van der Waals surface area contributed by atoms with E-state index in [-0.39, 0.29) is 5.57 Å². The smallest absolute Gasteiger partial charge is 0.267 e. The van der Waals surface area contributed by atoms with Crippen LogP contribution in [-0.2, 0) is 4.79 Å². The molecule has 122 valence electrons. The number of halogens is 1. The lowest BCUT2D eigenvalue weighted by atomic mass is 10.1. The molecular formula is C19H18ClN3O. The van der Waals surface area contributed by atoms with E-state index in [0.717, 1.165) is 22.4 Å². The monoisotopic (exact) mass is 339 g/mol. The number of rotatable bonds is 4. The fraction of sp³-hybridized carbons (Fsp3) is 0.158. The van der Waals surface area contributed by atoms with Crippen molar-refractivity contribution in [3.8, 4) is 6.07 Å². The van der Waals surface area contributed by atoms with Crippen LogP contribution < -0.4 is 10.6 Å². The normalized spacial score (nSPS) is 10.9. The molecule has 1 amide bonds. The third-order valence-corrected chi connectivity index (χ3v) is 3.96. The average Bonchev–Trinajstić information content (AvgIpc) is 2.53. The van der Waals surface area contributed by atoms with Crippen molar-refractivity contribution in [1.82, 2.24) is 0 Å². The van der Waals surface area contributed by atoms with Gasteiger partial charge in [0.2, 0.25) is 0 Å². The summed E-state index contributed by atoms with van der Waals surface area (Å²) >= 11 is 6.04. The van der Waals surface area contributed by atoms with E-state index in [1.807, 2.05) is 51.1 Å². The Bertz CT molecular complexity index is 850. The number of nitrogens with one attached hydrogen (secondary N) is 2. The number of hydrogen-bond donors (Lipinski definition) is 2. The molecule has 0 fully saturated rings. The number of carbonyl (C=O) groups excluding carboxylic acids is 1. The summed E-state index contributed by atoms with van der Waals surface area (Å²) in [5, 5.41) is 15.5. The molecule has 0 bridgehead atoms. The van der Waals surface area contributed by atoms with E-state index in [9.17, 15) is 10.1 Å². The van der Waals surface area contributed by atoms with Gasteiger partial charge in [0.15, 0.2) is 0 Å². The number of nitrogens with zero attached hydrogens (tertiary/aromatic N) is 1. The van der Waals surface area contributed by atoms with Crippen LogP contribution in [-0.4, -0.2) is 5.91 Å². The Morgan fingerprint density at radius 3 is 2.50 bits per heavy atom. The molecule has 2 aromatic carbocycles. The number of aryl methyl sites for hydroxylation is 3. The first-order valence-electron chi connectivity index (χ1n) is 7.42. The van der Waals surface area contributed by atoms with Crippen LogP contribution >= 0.6 is 11.6 Å². The van der Waals surface area contributed by atoms with Crippen LogP contribution in [0.15, 0.2) is 48.2 Å². The summed E-state index contributed by atoms with van der Waals surface area (Å²) in [4.78, 5) is 12.2. The molecule has 0 aliphatic carbocycles. The summed E-state index contributed by atoms with van der Waals surface area (Å²) in [6.07, 6.45) is 1.41. The van der Waals surface area contributed by atoms with Gasteiger partial charge in [-0.2, -0.15) is 5.26 Å². The summed E-state index contributed by atoms with van der Waals surface area (Å²) in [6, 6.07) is 13.0. The molecule has 2 rings (SSSR count). The number of nitriles is 1. The summed E-state index contributed by atoms with van der Waals surface area (Å²) < 4.78 is 0. The minimum absolute atomic E-state index is 0.0216. The van der Waals surface area contributed by atoms with E-state index in [1.54, 1.807) is 12.1 Å². The summed E-state index contributed by atoms with van der Waals surface area (Å²) in [6.45, 7) is 5.85. The van der Waals surface area contributed by atoms with Crippen molar-refractivity contribution in [2.24, 2.45) is 0 Å². The van der Waals surface area contributed by atoms with Crippen LogP contribution in [0.2, 0.25) is 5.02 Å². The van der Waals surface area contributed by atoms with Gasteiger partial charge >= 0.3 is 0 Å². The van der Waals surface area contributed by atoms with Crippen molar-refractivity contribution in [3.63, 3.8) is 0 Å². The maximum atomic E-state index is 12.2. The molecule has 0 atom stereocenters. The summed E-state index contributed by atoms with van der Waals surface area (Å²) in [5.41, 5.74) is 4.47. The molecule has 0 radical (unpaired) electrons. The summed E-state index contributed by atoms with van der Waals surface area (Å²) in [5.74, 6) is -0.491. The zero-order valence-electron chi connectivity index (χ0n) is 13.8. The third kappa shape index (κ3) is 4.37. The number of amides is 1. The Kier molecular flexibility index (Phi) is 5.62. The number of carbonyl (C=O) groups is 1. The van der Waals surface area contributed by atoms with Gasteiger partial charge in [0.05, 0.1) is 0 Å². The Labute approximate surface area is 146 Å². The predicted octanol–water partition coefficient (Wildman–Crippen LogP) is 4.72. The molecule has 4 nitrogen and oxygen atoms in total. The first-order chi connectivity index (χ1) is 11.4. The topological polar surface area (TPSA) is 64.9 Å². The Hall–Kier alpha value is -2.77. The van der Waals surface area contributed by atoms with Gasteiger partial charge in [-0.25, -0.2) is 0 Å². The molecule has 24 heavy (non-hydrogen) atoms. The minimum Gasteiger partial charge on any atom is -0.360 e. The first-order valence-corrected chi connectivity index (χ1v) is 7.80. The fourth-order valence-electron chi connectivity index (χ4n) is 2.14. The van der Waals surface area contributed by atoms with E-state index >= 15 is 0 Å². The Morgan fingerprint density at radius 2 is 1.88 bits per heavy atom. The van der Waals surface area contributed by atoms with Crippen molar-refractivity contribution in [2.45, 2.75) is 20.8 Å². The van der Waals surface area contributed by atoms with Gasteiger partial charge in [-0.1, -0.05) is 35.4 Å². The zero-order valence-corrected chi connectivity index (χ0v) is 14.5. The van der Waals surface area contributed by atoms with Crippen molar-refractivity contribution in [2.75, 3.05) is 10.6 Å². The maximum Gasteiger partial charge on any atom is 0.267 e. The molecule has 0 heterocycles. The highest BCUT2D eigenvalue weighted by Gasteiger charge is 2.10. The van der Waals surface area contributed by atoms with Gasteiger partial charge in [-0.3, -0.25) is 4.79 Å². The molecule has 0 spiro atoms. The van der Waals surface area contributed by atoms with Gasteiger partial charge < -0.3 is 10.6 Å². The molecule has 0 saturated heterocycles. The lowest BCUT2D eigenvalue weighted by Gasteiger charge is -2.08. The van der Waals surface area contributed by atoms with Gasteiger partial charge in [0.25, 0.3) is 5.91 Å². The molecule has 0 aliphatic rings. The maximum absolute atomic E-state index is 12.2. The van der Waals surface area contributed by atoms with Gasteiger partial charge in [0, 0.05) is 22.6 Å². The fourth-order valence-corrected chi connectivity index (χ4v) is 2.32. The molecule has 2 aromatic rings.